The Kier molecular flexibility index (Phi) is 3.98. The number of pyridine rings is 1. The van der Waals surface area contributed by atoms with Gasteiger partial charge in [0, 0.05) is 12.3 Å². The summed E-state index contributed by atoms with van der Waals surface area (Å²) in [7, 11) is -7.96. The van der Waals surface area contributed by atoms with Gasteiger partial charge in [-0.3, -0.25) is 10.1 Å². The van der Waals surface area contributed by atoms with Crippen LogP contribution in [0.3, 0.4) is 0 Å². The number of nitro groups is 1. The zero-order chi connectivity index (χ0) is 14.0. The summed E-state index contributed by atoms with van der Waals surface area (Å²) in [5.74, 6) is -1.56. The van der Waals surface area contributed by atoms with Gasteiger partial charge >= 0.3 is 0 Å². The van der Waals surface area contributed by atoms with Gasteiger partial charge < -0.3 is 0 Å². The van der Waals surface area contributed by atoms with E-state index in [0.717, 1.165) is 18.3 Å². The van der Waals surface area contributed by atoms with Crippen LogP contribution in [0.25, 0.3) is 0 Å². The molecule has 0 bridgehead atoms. The Balaban J connectivity index is 3.06. The maximum atomic E-state index is 11.6. The van der Waals surface area contributed by atoms with Crippen molar-refractivity contribution in [3.63, 3.8) is 0 Å². The molecule has 0 fully saturated rings. The summed E-state index contributed by atoms with van der Waals surface area (Å²) in [4.78, 5) is 13.2. The Labute approximate surface area is 103 Å². The Morgan fingerprint density at radius 1 is 1.28 bits per heavy atom. The van der Waals surface area contributed by atoms with E-state index in [1.165, 1.54) is 0 Å². The van der Waals surface area contributed by atoms with Gasteiger partial charge in [-0.2, -0.15) is 0 Å². The minimum Gasteiger partial charge on any atom is -0.258 e. The van der Waals surface area contributed by atoms with Gasteiger partial charge in [0.1, 0.15) is 0 Å². The molecule has 9 nitrogen and oxygen atoms in total. The number of hydrogen-bond acceptors (Lipinski definition) is 7. The van der Waals surface area contributed by atoms with Gasteiger partial charge in [0.2, 0.25) is 10.0 Å². The summed E-state index contributed by atoms with van der Waals surface area (Å²) >= 11 is 0. The van der Waals surface area contributed by atoms with E-state index in [-0.39, 0.29) is 0 Å². The molecule has 0 aromatic carbocycles. The van der Waals surface area contributed by atoms with Crippen molar-refractivity contribution in [3.8, 4) is 0 Å². The first-order chi connectivity index (χ1) is 8.12. The van der Waals surface area contributed by atoms with Crippen LogP contribution < -0.4 is 5.14 Å². The Hall–Kier alpha value is -1.59. The molecule has 11 heteroatoms. The molecule has 1 heterocycles. The molecule has 1 aromatic rings. The van der Waals surface area contributed by atoms with Crippen molar-refractivity contribution in [2.24, 2.45) is 5.14 Å². The largest absolute Gasteiger partial charge is 0.273 e. The summed E-state index contributed by atoms with van der Waals surface area (Å²) in [6.45, 7) is 0. The first-order valence-corrected chi connectivity index (χ1v) is 7.82. The summed E-state index contributed by atoms with van der Waals surface area (Å²) in [6.07, 6.45) is 0.960. The third kappa shape index (κ3) is 4.01. The van der Waals surface area contributed by atoms with Gasteiger partial charge in [-0.15, -0.1) is 0 Å². The zero-order valence-electron chi connectivity index (χ0n) is 8.88. The minimum absolute atomic E-state index is 0.445. The van der Waals surface area contributed by atoms with Crippen LogP contribution in [-0.2, 0) is 19.9 Å². The number of rotatable bonds is 5. The second-order valence-electron chi connectivity index (χ2n) is 3.30. The van der Waals surface area contributed by atoms with Crippen LogP contribution in [0.4, 0.5) is 5.69 Å². The topological polar surface area (TPSA) is 150 Å². The van der Waals surface area contributed by atoms with Crippen LogP contribution in [0.2, 0.25) is 0 Å². The molecule has 1 aromatic heterocycles. The fourth-order valence-electron chi connectivity index (χ4n) is 1.01. The molecule has 18 heavy (non-hydrogen) atoms. The van der Waals surface area contributed by atoms with Crippen molar-refractivity contribution in [1.29, 1.82) is 0 Å². The van der Waals surface area contributed by atoms with Gasteiger partial charge in [0.05, 0.1) is 22.5 Å². The van der Waals surface area contributed by atoms with E-state index < -0.39 is 47.0 Å². The second kappa shape index (κ2) is 4.96. The van der Waals surface area contributed by atoms with Crippen LogP contribution in [-0.4, -0.2) is 38.2 Å². The smallest absolute Gasteiger partial charge is 0.258 e. The van der Waals surface area contributed by atoms with Crippen molar-refractivity contribution in [2.75, 3.05) is 11.5 Å². The maximum absolute atomic E-state index is 11.6. The quantitative estimate of drug-likeness (QED) is 0.543. The Bertz CT molecular complexity index is 666. The molecule has 0 aliphatic rings. The van der Waals surface area contributed by atoms with E-state index >= 15 is 0 Å². The summed E-state index contributed by atoms with van der Waals surface area (Å²) in [6, 6.07) is 1.79. The lowest BCUT2D eigenvalue weighted by atomic mass is 10.4. The lowest BCUT2D eigenvalue weighted by Gasteiger charge is -2.02. The molecular formula is C7H9N3O6S2. The predicted molar refractivity (Wildman–Crippen MR) is 60.9 cm³/mol. The van der Waals surface area contributed by atoms with E-state index in [0.29, 0.717) is 0 Å². The highest BCUT2D eigenvalue weighted by molar-refractivity contribution is 7.94. The Morgan fingerprint density at radius 3 is 2.39 bits per heavy atom. The van der Waals surface area contributed by atoms with Crippen LogP contribution in [0.1, 0.15) is 0 Å². The number of primary sulfonamides is 1. The lowest BCUT2D eigenvalue weighted by Crippen LogP contribution is -2.23. The molecule has 0 saturated carbocycles. The molecular weight excluding hydrogens is 286 g/mol. The number of nitrogens with two attached hydrogens (primary N) is 1. The van der Waals surface area contributed by atoms with E-state index in [1.807, 2.05) is 0 Å². The monoisotopic (exact) mass is 295 g/mol. The molecule has 0 unspecified atom stereocenters. The number of sulfone groups is 1. The molecule has 0 aliphatic heterocycles. The SMILES string of the molecule is NS(=O)(=O)CCS(=O)(=O)c1cc([N+](=O)[O-])ccn1. The van der Waals surface area contributed by atoms with Crippen LogP contribution in [0, 0.1) is 10.1 Å². The lowest BCUT2D eigenvalue weighted by molar-refractivity contribution is -0.385. The maximum Gasteiger partial charge on any atom is 0.273 e. The minimum atomic E-state index is -4.02. The van der Waals surface area contributed by atoms with Crippen molar-refractivity contribution in [3.05, 3.63) is 28.4 Å². The number of nitrogens with zero attached hydrogens (tertiary/aromatic N) is 2. The standard InChI is InChI=1S/C7H9N3O6S2/c8-18(15,16)4-3-17(13,14)7-5-6(10(11)12)1-2-9-7/h1-2,5H,3-4H2,(H2,8,15,16). The molecule has 1 rings (SSSR count). The number of hydrogen-bond donors (Lipinski definition) is 1. The van der Waals surface area contributed by atoms with Crippen molar-refractivity contribution in [1.82, 2.24) is 4.98 Å². The van der Waals surface area contributed by atoms with Crippen molar-refractivity contribution in [2.45, 2.75) is 5.03 Å². The average molecular weight is 295 g/mol. The first-order valence-electron chi connectivity index (χ1n) is 4.45. The third-order valence-corrected chi connectivity index (χ3v) is 4.52. The van der Waals surface area contributed by atoms with E-state index in [4.69, 9.17) is 0 Å². The normalized spacial score (nSPS) is 12.3. The molecule has 2 N–H and O–H groups in total. The highest BCUT2D eigenvalue weighted by Gasteiger charge is 2.21. The van der Waals surface area contributed by atoms with Gasteiger partial charge in [0.15, 0.2) is 14.9 Å². The average Bonchev–Trinajstić information content (AvgIpc) is 2.26. The van der Waals surface area contributed by atoms with Gasteiger partial charge in [-0.1, -0.05) is 0 Å². The number of sulfonamides is 1. The van der Waals surface area contributed by atoms with Gasteiger partial charge in [-0.05, 0) is 0 Å². The first kappa shape index (κ1) is 14.5. The van der Waals surface area contributed by atoms with Crippen LogP contribution in [0.5, 0.6) is 0 Å². The second-order valence-corrected chi connectivity index (χ2v) is 7.09. The molecule has 0 amide bonds. The van der Waals surface area contributed by atoms with Gasteiger partial charge in [-0.25, -0.2) is 27.0 Å². The molecule has 0 saturated heterocycles. The molecule has 0 spiro atoms. The number of aromatic nitrogens is 1. The molecule has 0 radical (unpaired) electrons. The third-order valence-electron chi connectivity index (χ3n) is 1.88. The van der Waals surface area contributed by atoms with Crippen molar-refractivity contribution < 1.29 is 21.8 Å². The molecule has 0 aliphatic carbocycles. The van der Waals surface area contributed by atoms with Crippen LogP contribution in [0.15, 0.2) is 23.4 Å². The summed E-state index contributed by atoms with van der Waals surface area (Å²) < 4.78 is 44.6. The van der Waals surface area contributed by atoms with Crippen molar-refractivity contribution >= 4 is 25.5 Å². The fourth-order valence-corrected chi connectivity index (χ4v) is 3.55. The van der Waals surface area contributed by atoms with Gasteiger partial charge in [0.25, 0.3) is 5.69 Å². The van der Waals surface area contributed by atoms with E-state index in [9.17, 15) is 26.9 Å². The highest BCUT2D eigenvalue weighted by Crippen LogP contribution is 2.15. The zero-order valence-corrected chi connectivity index (χ0v) is 10.5. The summed E-state index contributed by atoms with van der Waals surface area (Å²) in [5, 5.41) is 14.6. The van der Waals surface area contributed by atoms with Crippen LogP contribution >= 0.6 is 0 Å². The van der Waals surface area contributed by atoms with E-state index in [1.54, 1.807) is 0 Å². The molecule has 100 valence electrons. The van der Waals surface area contributed by atoms with E-state index in [2.05, 4.69) is 10.1 Å². The fraction of sp³-hybridized carbons (Fsp3) is 0.286. The summed E-state index contributed by atoms with van der Waals surface area (Å²) in [5.41, 5.74) is -0.445. The molecule has 0 atom stereocenters. The Morgan fingerprint density at radius 2 is 1.89 bits per heavy atom. The predicted octanol–water partition coefficient (Wildman–Crippen LogP) is -0.948. The highest BCUT2D eigenvalue weighted by atomic mass is 32.2.